The van der Waals surface area contributed by atoms with Crippen LogP contribution in [0.5, 0.6) is 5.75 Å². The van der Waals surface area contributed by atoms with Crippen LogP contribution < -0.4 is 4.18 Å². The van der Waals surface area contributed by atoms with E-state index in [1.807, 2.05) is 0 Å². The maximum absolute atomic E-state index is 12.8. The first-order valence-corrected chi connectivity index (χ1v) is 8.31. The van der Waals surface area contributed by atoms with Gasteiger partial charge >= 0.3 is 28.6 Å². The molecule has 0 N–H and O–H groups in total. The van der Waals surface area contributed by atoms with Gasteiger partial charge in [-0.3, -0.25) is 0 Å². The molecule has 0 amide bonds. The Morgan fingerprint density at radius 1 is 0.846 bits per heavy atom. The first-order valence-electron chi connectivity index (χ1n) is 6.74. The van der Waals surface area contributed by atoms with Gasteiger partial charge < -0.3 is 4.18 Å². The lowest BCUT2D eigenvalue weighted by atomic mass is 10.1. The van der Waals surface area contributed by atoms with Gasteiger partial charge in [0, 0.05) is 0 Å². The predicted octanol–water partition coefficient (Wildman–Crippen LogP) is 4.78. The summed E-state index contributed by atoms with van der Waals surface area (Å²) in [6, 6.07) is -0.322. The van der Waals surface area contributed by atoms with E-state index in [0.717, 1.165) is 0 Å². The lowest BCUT2D eigenvalue weighted by molar-refractivity contribution is -0.180. The molecule has 0 unspecified atom stereocenters. The molecule has 1 fully saturated rings. The Kier molecular flexibility index (Phi) is 4.71. The van der Waals surface area contributed by atoms with Gasteiger partial charge in [0.25, 0.3) is 0 Å². The highest BCUT2D eigenvalue weighted by Crippen LogP contribution is 2.58. The Labute approximate surface area is 140 Å². The molecule has 0 aromatic heterocycles. The Balaban J connectivity index is 2.36. The summed E-state index contributed by atoms with van der Waals surface area (Å²) in [7, 11) is -5.09. The summed E-state index contributed by atoms with van der Waals surface area (Å²) >= 11 is 0. The van der Waals surface area contributed by atoms with Crippen LogP contribution in [0.15, 0.2) is 18.2 Å². The van der Waals surface area contributed by atoms with E-state index in [-0.39, 0.29) is 18.2 Å². The van der Waals surface area contributed by atoms with Crippen molar-refractivity contribution in [2.24, 2.45) is 5.41 Å². The van der Waals surface area contributed by atoms with Crippen molar-refractivity contribution >= 4 is 10.1 Å². The molecule has 26 heavy (non-hydrogen) atoms. The number of hydrogen-bond acceptors (Lipinski definition) is 3. The van der Waals surface area contributed by atoms with Gasteiger partial charge in [-0.25, -0.2) is 0 Å². The average Bonchev–Trinajstić information content (AvgIpc) is 3.15. The summed E-state index contributed by atoms with van der Waals surface area (Å²) < 4.78 is 142. The molecule has 0 saturated heterocycles. The zero-order valence-corrected chi connectivity index (χ0v) is 13.2. The largest absolute Gasteiger partial charge is 0.416 e. The summed E-state index contributed by atoms with van der Waals surface area (Å²) in [4.78, 5) is 0. The minimum Gasteiger partial charge on any atom is -0.382 e. The van der Waals surface area contributed by atoms with Crippen molar-refractivity contribution in [2.75, 3.05) is 5.75 Å². The van der Waals surface area contributed by atoms with Gasteiger partial charge in [-0.2, -0.15) is 47.9 Å². The van der Waals surface area contributed by atoms with Gasteiger partial charge in [0.2, 0.25) is 0 Å². The van der Waals surface area contributed by atoms with E-state index in [4.69, 9.17) is 0 Å². The zero-order valence-electron chi connectivity index (χ0n) is 12.4. The molecule has 1 aromatic rings. The molecule has 0 radical (unpaired) electrons. The molecule has 0 atom stereocenters. The van der Waals surface area contributed by atoms with Crippen molar-refractivity contribution in [2.45, 2.75) is 31.4 Å². The molecule has 0 aliphatic heterocycles. The molecule has 0 heterocycles. The van der Waals surface area contributed by atoms with Crippen LogP contribution in [0.2, 0.25) is 0 Å². The zero-order chi connectivity index (χ0) is 20.2. The maximum atomic E-state index is 12.8. The summed E-state index contributed by atoms with van der Waals surface area (Å²) in [5, 5.41) is 0. The van der Waals surface area contributed by atoms with E-state index in [2.05, 4.69) is 4.18 Å². The Hall–Kier alpha value is -1.66. The van der Waals surface area contributed by atoms with Gasteiger partial charge in [-0.1, -0.05) is 0 Å². The van der Waals surface area contributed by atoms with Crippen LogP contribution in [0.25, 0.3) is 0 Å². The van der Waals surface area contributed by atoms with E-state index in [1.54, 1.807) is 0 Å². The highest BCUT2D eigenvalue weighted by atomic mass is 32.2. The number of hydrogen-bond donors (Lipinski definition) is 0. The van der Waals surface area contributed by atoms with Gasteiger partial charge in [0.1, 0.15) is 11.5 Å². The predicted molar refractivity (Wildman–Crippen MR) is 68.6 cm³/mol. The highest BCUT2D eigenvalue weighted by molar-refractivity contribution is 7.87. The molecule has 1 aromatic carbocycles. The van der Waals surface area contributed by atoms with Crippen molar-refractivity contribution in [1.29, 1.82) is 0 Å². The fourth-order valence-corrected chi connectivity index (χ4v) is 3.73. The Morgan fingerprint density at radius 2 is 1.27 bits per heavy atom. The van der Waals surface area contributed by atoms with Crippen LogP contribution in [-0.4, -0.2) is 20.3 Å². The third-order valence-corrected chi connectivity index (χ3v) is 5.04. The van der Waals surface area contributed by atoms with E-state index in [9.17, 15) is 47.9 Å². The smallest absolute Gasteiger partial charge is 0.382 e. The molecule has 3 nitrogen and oxygen atoms in total. The molecule has 2 rings (SSSR count). The average molecular weight is 416 g/mol. The van der Waals surface area contributed by atoms with E-state index in [0.29, 0.717) is 0 Å². The highest BCUT2D eigenvalue weighted by Gasteiger charge is 2.65. The van der Waals surface area contributed by atoms with Crippen LogP contribution in [0.1, 0.15) is 24.0 Å². The van der Waals surface area contributed by atoms with Crippen LogP contribution in [-0.2, 0) is 22.5 Å². The summed E-state index contributed by atoms with van der Waals surface area (Å²) in [6.45, 7) is 0. The minimum atomic E-state index is -5.26. The van der Waals surface area contributed by atoms with Crippen LogP contribution in [0.3, 0.4) is 0 Å². The van der Waals surface area contributed by atoms with E-state index >= 15 is 0 Å². The van der Waals surface area contributed by atoms with Crippen molar-refractivity contribution in [3.8, 4) is 5.75 Å². The third kappa shape index (κ3) is 4.54. The van der Waals surface area contributed by atoms with E-state index < -0.39 is 69.5 Å². The molecule has 1 aliphatic rings. The second-order valence-corrected chi connectivity index (χ2v) is 7.38. The monoisotopic (exact) mass is 416 g/mol. The standard InChI is InChI=1S/C13H9F9O3S/c14-11(15,16)7-3-8(12(17,18)19)5-9(4-7)25-26(23,24)6-10(1-2-10)13(20,21)22/h3-5H,1-2,6H2. The summed E-state index contributed by atoms with van der Waals surface area (Å²) in [5.41, 5.74) is -6.30. The molecule has 1 aliphatic carbocycles. The third-order valence-electron chi connectivity index (χ3n) is 3.69. The maximum Gasteiger partial charge on any atom is 0.416 e. The van der Waals surface area contributed by atoms with Gasteiger partial charge in [0.05, 0.1) is 16.5 Å². The quantitative estimate of drug-likeness (QED) is 0.525. The topological polar surface area (TPSA) is 43.4 Å². The number of alkyl halides is 9. The lowest BCUT2D eigenvalue weighted by Crippen LogP contribution is -2.33. The number of benzene rings is 1. The number of rotatable bonds is 4. The number of halogens is 9. The van der Waals surface area contributed by atoms with Crippen molar-refractivity contribution < 1.29 is 52.1 Å². The van der Waals surface area contributed by atoms with Crippen LogP contribution in [0, 0.1) is 5.41 Å². The van der Waals surface area contributed by atoms with Crippen molar-refractivity contribution in [3.63, 3.8) is 0 Å². The van der Waals surface area contributed by atoms with Gasteiger partial charge in [0.15, 0.2) is 0 Å². The van der Waals surface area contributed by atoms with Crippen LogP contribution in [0.4, 0.5) is 39.5 Å². The van der Waals surface area contributed by atoms with Crippen LogP contribution >= 0.6 is 0 Å². The molecule has 1 saturated carbocycles. The second-order valence-electron chi connectivity index (χ2n) is 5.81. The molecule has 0 bridgehead atoms. The fourth-order valence-electron chi connectivity index (χ4n) is 2.15. The lowest BCUT2D eigenvalue weighted by Gasteiger charge is -2.19. The second kappa shape index (κ2) is 5.92. The molecule has 13 heteroatoms. The first kappa shape index (κ1) is 20.6. The van der Waals surface area contributed by atoms with Crippen molar-refractivity contribution in [3.05, 3.63) is 29.3 Å². The summed E-state index contributed by atoms with van der Waals surface area (Å²) in [6.07, 6.45) is -16.5. The minimum absolute atomic E-state index is 0.0278. The SMILES string of the molecule is O=S(=O)(CC1(C(F)(F)F)CC1)Oc1cc(C(F)(F)F)cc(C(F)(F)F)c1. The normalized spacial score (nSPS) is 17.9. The molecular formula is C13H9F9O3S. The first-order chi connectivity index (χ1) is 11.5. The molecular weight excluding hydrogens is 407 g/mol. The van der Waals surface area contributed by atoms with E-state index in [1.165, 1.54) is 0 Å². The van der Waals surface area contributed by atoms with Gasteiger partial charge in [-0.05, 0) is 31.0 Å². The Bertz CT molecular complexity index is 754. The summed E-state index contributed by atoms with van der Waals surface area (Å²) in [5.74, 6) is -2.97. The fraction of sp³-hybridized carbons (Fsp3) is 0.538. The molecule has 0 spiro atoms. The van der Waals surface area contributed by atoms with Crippen molar-refractivity contribution in [1.82, 2.24) is 0 Å². The Morgan fingerprint density at radius 3 is 1.58 bits per heavy atom. The molecule has 148 valence electrons. The van der Waals surface area contributed by atoms with Gasteiger partial charge in [-0.15, -0.1) is 0 Å².